The molecule has 14 heteroatoms. The van der Waals surface area contributed by atoms with Crippen LogP contribution in [0.2, 0.25) is 0 Å². The highest BCUT2D eigenvalue weighted by Gasteiger charge is 2.49. The maximum atomic E-state index is 12.4. The molecule has 1 saturated heterocycles. The lowest BCUT2D eigenvalue weighted by Crippen LogP contribution is -2.52. The average Bonchev–Trinajstić information content (AvgIpc) is 3.08. The number of alkyl halides is 3. The van der Waals surface area contributed by atoms with Crippen molar-refractivity contribution < 1.29 is 42.4 Å². The molecule has 1 amide bonds. The number of halogens is 3. The minimum absolute atomic E-state index is 0.696. The molecule has 1 aromatic heterocycles. The fourth-order valence-electron chi connectivity index (χ4n) is 2.86. The molecule has 2 aromatic rings. The first-order chi connectivity index (χ1) is 15.5. The number of aliphatic hydroxyl groups excluding tert-OH is 2. The van der Waals surface area contributed by atoms with E-state index in [-0.39, 0.29) is 0 Å². The molecule has 0 saturated carbocycles. The first-order valence-corrected chi connectivity index (χ1v) is 9.33. The fraction of sp³-hybridized carbons (Fsp3) is 0.421. The molecule has 1 aromatic carbocycles. The van der Waals surface area contributed by atoms with Gasteiger partial charge in [-0.25, -0.2) is 4.79 Å². The smallest absolute Gasteiger partial charge is 0.471 e. The molecule has 0 unspecified atom stereocenters. The lowest BCUT2D eigenvalue weighted by molar-refractivity contribution is -0.175. The van der Waals surface area contributed by atoms with Gasteiger partial charge in [0.25, 0.3) is 5.56 Å². The van der Waals surface area contributed by atoms with Crippen molar-refractivity contribution >= 4 is 5.91 Å². The predicted molar refractivity (Wildman–Crippen MR) is 106 cm³/mol. The third kappa shape index (κ3) is 6.57. The van der Waals surface area contributed by atoms with Gasteiger partial charge in [-0.05, 0) is 24.3 Å². The Morgan fingerprint density at radius 3 is 2.12 bits per heavy atom. The molecule has 2 heterocycles. The van der Waals surface area contributed by atoms with Gasteiger partial charge in [-0.15, -0.1) is 0 Å². The lowest BCUT2D eigenvalue weighted by Gasteiger charge is -2.23. The van der Waals surface area contributed by atoms with Crippen LogP contribution in [-0.2, 0) is 9.53 Å². The highest BCUT2D eigenvalue weighted by atomic mass is 19.4. The first-order valence-electron chi connectivity index (χ1n) is 9.33. The van der Waals surface area contributed by atoms with Crippen LogP contribution < -0.4 is 26.0 Å². The Bertz CT molecular complexity index is 1020. The Balaban J connectivity index is 0.000000321. The maximum absolute atomic E-state index is 12.4. The van der Waals surface area contributed by atoms with E-state index in [4.69, 9.17) is 19.3 Å². The topological polar surface area (TPSA) is 152 Å². The number of rotatable bonds is 5. The summed E-state index contributed by atoms with van der Waals surface area (Å²) in [6.45, 7) is -0.756. The van der Waals surface area contributed by atoms with Crippen molar-refractivity contribution in [2.75, 3.05) is 20.8 Å². The van der Waals surface area contributed by atoms with Gasteiger partial charge in [0.2, 0.25) is 0 Å². The summed E-state index contributed by atoms with van der Waals surface area (Å²) in [5.41, 5.74) is -1.76. The molecule has 0 bridgehead atoms. The van der Waals surface area contributed by atoms with E-state index in [1.54, 1.807) is 14.2 Å². The van der Waals surface area contributed by atoms with E-state index in [2.05, 4.69) is 0 Å². The number of nitrogens with one attached hydrogen (secondary N) is 2. The summed E-state index contributed by atoms with van der Waals surface area (Å²) in [7, 11) is 3.28. The van der Waals surface area contributed by atoms with E-state index in [1.165, 1.54) is 5.32 Å². The number of hydrogen-bond donors (Lipinski definition) is 4. The number of benzene rings is 1. The summed E-state index contributed by atoms with van der Waals surface area (Å²) < 4.78 is 52.8. The Labute approximate surface area is 184 Å². The Hall–Kier alpha value is -3.36. The van der Waals surface area contributed by atoms with Crippen LogP contribution >= 0.6 is 0 Å². The van der Waals surface area contributed by atoms with Crippen molar-refractivity contribution in [2.45, 2.75) is 30.7 Å². The minimum Gasteiger partial charge on any atom is -0.497 e. The fourth-order valence-corrected chi connectivity index (χ4v) is 2.86. The van der Waals surface area contributed by atoms with Crippen LogP contribution in [0.5, 0.6) is 11.5 Å². The van der Waals surface area contributed by atoms with Gasteiger partial charge >= 0.3 is 17.8 Å². The van der Waals surface area contributed by atoms with Crippen LogP contribution in [0, 0.1) is 0 Å². The zero-order chi connectivity index (χ0) is 24.8. The molecule has 11 nitrogen and oxygen atoms in total. The summed E-state index contributed by atoms with van der Waals surface area (Å²) >= 11 is 0. The molecule has 33 heavy (non-hydrogen) atoms. The monoisotopic (exact) mass is 477 g/mol. The van der Waals surface area contributed by atoms with Crippen molar-refractivity contribution in [3.05, 3.63) is 57.4 Å². The van der Waals surface area contributed by atoms with Crippen LogP contribution in [0.1, 0.15) is 6.23 Å². The molecule has 1 aliphatic heterocycles. The number of amides is 1. The van der Waals surface area contributed by atoms with E-state index in [9.17, 15) is 32.7 Å². The second-order valence-electron chi connectivity index (χ2n) is 6.63. The third-order valence-corrected chi connectivity index (χ3v) is 4.53. The molecular formula is C19H22F3N3O8. The summed E-state index contributed by atoms with van der Waals surface area (Å²) in [6, 6.07) is 6.69. The zero-order valence-electron chi connectivity index (χ0n) is 17.4. The van der Waals surface area contributed by atoms with Crippen molar-refractivity contribution in [1.29, 1.82) is 0 Å². The van der Waals surface area contributed by atoms with E-state index in [1.807, 2.05) is 29.2 Å². The number of aromatic amines is 1. The number of aromatic nitrogens is 2. The molecule has 0 spiro atoms. The first kappa shape index (κ1) is 25.9. The minimum atomic E-state index is -5.21. The SMILES string of the molecule is COc1ccc(OC)cc1.O=C(N[C@@H]1[C@H](O)[C@@H](CO)O[C@H]1n1ccc(=O)[nH]c1=O)C(F)(F)F. The number of aliphatic hydroxyl groups is 2. The van der Waals surface area contributed by atoms with Gasteiger partial charge in [0.15, 0.2) is 6.23 Å². The highest BCUT2D eigenvalue weighted by molar-refractivity contribution is 5.82. The third-order valence-electron chi connectivity index (χ3n) is 4.53. The van der Waals surface area contributed by atoms with Crippen LogP contribution in [0.3, 0.4) is 0 Å². The van der Waals surface area contributed by atoms with E-state index >= 15 is 0 Å². The van der Waals surface area contributed by atoms with E-state index in [0.717, 1.165) is 23.8 Å². The number of hydrogen-bond acceptors (Lipinski definition) is 8. The zero-order valence-corrected chi connectivity index (χ0v) is 17.4. The number of carbonyl (C=O) groups is 1. The molecule has 0 radical (unpaired) electrons. The molecule has 0 aliphatic carbocycles. The van der Waals surface area contributed by atoms with Crippen LogP contribution in [0.4, 0.5) is 13.2 Å². The standard InChI is InChI=1S/C11H12F3N3O6.C8H10O2/c12-11(13,14)9(21)16-6-7(20)4(3-18)23-8(6)17-2-1-5(19)15-10(17)22;1-9-7-3-5-8(10-2)6-4-7/h1-2,4,6-8,18,20H,3H2,(H,16,21)(H,15,19,22);3-6H,1-2H3/t4-,6-,7-,8-;/m1./s1. The summed E-state index contributed by atoms with van der Waals surface area (Å²) in [5.74, 6) is -0.646. The second-order valence-corrected chi connectivity index (χ2v) is 6.63. The van der Waals surface area contributed by atoms with Gasteiger partial charge < -0.3 is 29.7 Å². The van der Waals surface area contributed by atoms with Crippen molar-refractivity contribution in [1.82, 2.24) is 14.9 Å². The van der Waals surface area contributed by atoms with Gasteiger partial charge in [-0.2, -0.15) is 13.2 Å². The van der Waals surface area contributed by atoms with Crippen molar-refractivity contribution in [3.8, 4) is 11.5 Å². The number of ether oxygens (including phenoxy) is 3. The molecule has 4 N–H and O–H groups in total. The van der Waals surface area contributed by atoms with Gasteiger partial charge in [0, 0.05) is 12.3 Å². The van der Waals surface area contributed by atoms with Crippen molar-refractivity contribution in [2.24, 2.45) is 0 Å². The number of H-pyrrole nitrogens is 1. The Morgan fingerprint density at radius 2 is 1.70 bits per heavy atom. The molecule has 182 valence electrons. The molecule has 4 atom stereocenters. The maximum Gasteiger partial charge on any atom is 0.471 e. The van der Waals surface area contributed by atoms with Crippen LogP contribution in [0.25, 0.3) is 0 Å². The number of methoxy groups -OCH3 is 2. The Morgan fingerprint density at radius 1 is 1.15 bits per heavy atom. The van der Waals surface area contributed by atoms with E-state index in [0.29, 0.717) is 4.57 Å². The summed E-state index contributed by atoms with van der Waals surface area (Å²) in [5, 5.41) is 20.5. The van der Waals surface area contributed by atoms with Gasteiger partial charge in [-0.1, -0.05) is 0 Å². The van der Waals surface area contributed by atoms with Crippen LogP contribution in [0.15, 0.2) is 46.1 Å². The Kier molecular flexibility index (Phi) is 8.62. The summed E-state index contributed by atoms with van der Waals surface area (Å²) in [4.78, 5) is 35.6. The molecular weight excluding hydrogens is 455 g/mol. The largest absolute Gasteiger partial charge is 0.497 e. The molecule has 1 fully saturated rings. The summed E-state index contributed by atoms with van der Waals surface area (Å²) in [6.07, 6.45) is -8.84. The number of nitrogens with zero attached hydrogens (tertiary/aromatic N) is 1. The number of carbonyl (C=O) groups excluding carboxylic acids is 1. The van der Waals surface area contributed by atoms with Gasteiger partial charge in [-0.3, -0.25) is 19.1 Å². The highest BCUT2D eigenvalue weighted by Crippen LogP contribution is 2.29. The lowest BCUT2D eigenvalue weighted by atomic mass is 10.1. The predicted octanol–water partition coefficient (Wildman–Crippen LogP) is -0.462. The molecule has 3 rings (SSSR count). The quantitative estimate of drug-likeness (QED) is 0.452. The van der Waals surface area contributed by atoms with E-state index < -0.39 is 54.4 Å². The second kappa shape index (κ2) is 11.0. The molecule has 1 aliphatic rings. The van der Waals surface area contributed by atoms with Crippen molar-refractivity contribution in [3.63, 3.8) is 0 Å². The van der Waals surface area contributed by atoms with Gasteiger partial charge in [0.1, 0.15) is 29.7 Å². The van der Waals surface area contributed by atoms with Crippen LogP contribution in [-0.4, -0.2) is 70.9 Å². The normalized spacial score (nSPS) is 22.2. The van der Waals surface area contributed by atoms with Gasteiger partial charge in [0.05, 0.1) is 20.8 Å². The average molecular weight is 477 g/mol.